The van der Waals surface area contributed by atoms with Crippen molar-refractivity contribution in [1.29, 1.82) is 5.26 Å². The lowest BCUT2D eigenvalue weighted by Crippen LogP contribution is -2.42. The van der Waals surface area contributed by atoms with E-state index < -0.39 is 5.54 Å². The summed E-state index contributed by atoms with van der Waals surface area (Å²) < 4.78 is 2.25. The van der Waals surface area contributed by atoms with Crippen LogP contribution >= 0.6 is 0 Å². The molecule has 0 saturated heterocycles. The number of imidazole rings is 1. The third-order valence-electron chi connectivity index (χ3n) is 4.25. The van der Waals surface area contributed by atoms with E-state index in [9.17, 15) is 5.26 Å². The van der Waals surface area contributed by atoms with Gasteiger partial charge in [0.2, 0.25) is 0 Å². The van der Waals surface area contributed by atoms with Crippen LogP contribution in [-0.2, 0) is 6.54 Å². The molecule has 1 aromatic carbocycles. The number of nitriles is 1. The van der Waals surface area contributed by atoms with Crippen molar-refractivity contribution >= 4 is 11.0 Å². The molecule has 1 aliphatic carbocycles. The Hall–Kier alpha value is -1.86. The quantitative estimate of drug-likeness (QED) is 0.885. The van der Waals surface area contributed by atoms with Crippen molar-refractivity contribution in [3.8, 4) is 6.07 Å². The molecule has 0 aliphatic heterocycles. The first-order valence-corrected chi connectivity index (χ1v) is 7.72. The first kappa shape index (κ1) is 14.1. The molecule has 0 radical (unpaired) electrons. The summed E-state index contributed by atoms with van der Waals surface area (Å²) in [7, 11) is 0. The van der Waals surface area contributed by atoms with E-state index in [1.54, 1.807) is 0 Å². The molecule has 1 aromatic heterocycles. The van der Waals surface area contributed by atoms with Crippen LogP contribution in [0.2, 0.25) is 0 Å². The molecule has 1 aliphatic rings. The minimum Gasteiger partial charge on any atom is -0.328 e. The Morgan fingerprint density at radius 3 is 2.90 bits per heavy atom. The second kappa shape index (κ2) is 5.50. The summed E-state index contributed by atoms with van der Waals surface area (Å²) in [5, 5.41) is 12.9. The van der Waals surface area contributed by atoms with Crippen LogP contribution in [0.15, 0.2) is 24.3 Å². The number of fused-ring (bicyclic) bond motifs is 1. The summed E-state index contributed by atoms with van der Waals surface area (Å²) in [6.07, 6.45) is 4.27. The normalized spacial score (nSPS) is 17.6. The van der Waals surface area contributed by atoms with E-state index in [0.717, 1.165) is 30.7 Å². The maximum absolute atomic E-state index is 9.41. The van der Waals surface area contributed by atoms with Crippen LogP contribution in [-0.4, -0.2) is 21.1 Å². The Labute approximate surface area is 125 Å². The van der Waals surface area contributed by atoms with Crippen molar-refractivity contribution in [2.24, 2.45) is 0 Å². The van der Waals surface area contributed by atoms with Crippen LogP contribution in [0.5, 0.6) is 0 Å². The van der Waals surface area contributed by atoms with Gasteiger partial charge in [-0.05, 0) is 51.7 Å². The van der Waals surface area contributed by atoms with E-state index in [4.69, 9.17) is 0 Å². The fourth-order valence-corrected chi connectivity index (χ4v) is 2.91. The fourth-order valence-electron chi connectivity index (χ4n) is 2.91. The van der Waals surface area contributed by atoms with Gasteiger partial charge in [0.25, 0.3) is 0 Å². The van der Waals surface area contributed by atoms with E-state index in [-0.39, 0.29) is 0 Å². The Balaban J connectivity index is 1.66. The lowest BCUT2D eigenvalue weighted by Gasteiger charge is -2.23. The topological polar surface area (TPSA) is 53.6 Å². The molecule has 1 saturated carbocycles. The Morgan fingerprint density at radius 1 is 1.43 bits per heavy atom. The number of aryl methyl sites for hydroxylation is 2. The van der Waals surface area contributed by atoms with Gasteiger partial charge in [0.05, 0.1) is 17.1 Å². The van der Waals surface area contributed by atoms with E-state index >= 15 is 0 Å². The molecule has 3 rings (SSSR count). The highest BCUT2D eigenvalue weighted by molar-refractivity contribution is 5.75. The molecule has 1 fully saturated rings. The Kier molecular flexibility index (Phi) is 3.69. The van der Waals surface area contributed by atoms with Crippen LogP contribution in [0.4, 0.5) is 0 Å². The highest BCUT2D eigenvalue weighted by atomic mass is 15.1. The molecule has 4 nitrogen and oxygen atoms in total. The van der Waals surface area contributed by atoms with Gasteiger partial charge in [0.1, 0.15) is 11.4 Å². The molecular formula is C17H22N4. The fraction of sp³-hybridized carbons (Fsp3) is 0.529. The number of aromatic nitrogens is 2. The summed E-state index contributed by atoms with van der Waals surface area (Å²) in [4.78, 5) is 4.59. The molecule has 1 unspecified atom stereocenters. The number of nitrogens with one attached hydrogen (secondary N) is 1. The van der Waals surface area contributed by atoms with Crippen LogP contribution in [0.1, 0.15) is 38.4 Å². The van der Waals surface area contributed by atoms with Gasteiger partial charge in [0, 0.05) is 12.6 Å². The average molecular weight is 282 g/mol. The second-order valence-corrected chi connectivity index (χ2v) is 6.27. The zero-order chi connectivity index (χ0) is 14.9. The molecule has 110 valence electrons. The maximum Gasteiger partial charge on any atom is 0.106 e. The van der Waals surface area contributed by atoms with Gasteiger partial charge in [-0.1, -0.05) is 12.1 Å². The minimum absolute atomic E-state index is 0.397. The first-order chi connectivity index (χ1) is 10.1. The minimum atomic E-state index is -0.397. The molecule has 0 amide bonds. The van der Waals surface area contributed by atoms with Crippen molar-refractivity contribution in [2.45, 2.75) is 57.7 Å². The van der Waals surface area contributed by atoms with Crippen LogP contribution < -0.4 is 5.32 Å². The predicted molar refractivity (Wildman–Crippen MR) is 83.9 cm³/mol. The zero-order valence-electron chi connectivity index (χ0n) is 12.8. The van der Waals surface area contributed by atoms with Gasteiger partial charge in [0.15, 0.2) is 0 Å². The molecule has 1 atom stereocenters. The lowest BCUT2D eigenvalue weighted by atomic mass is 9.97. The predicted octanol–water partition coefficient (Wildman–Crippen LogP) is 3.16. The lowest BCUT2D eigenvalue weighted by molar-refractivity contribution is 0.391. The van der Waals surface area contributed by atoms with E-state index in [2.05, 4.69) is 27.0 Å². The van der Waals surface area contributed by atoms with Crippen molar-refractivity contribution < 1.29 is 0 Å². The van der Waals surface area contributed by atoms with Gasteiger partial charge in [-0.3, -0.25) is 5.32 Å². The molecule has 21 heavy (non-hydrogen) atoms. The van der Waals surface area contributed by atoms with Crippen molar-refractivity contribution in [2.75, 3.05) is 0 Å². The molecule has 1 heterocycles. The molecule has 2 aromatic rings. The van der Waals surface area contributed by atoms with Crippen molar-refractivity contribution in [3.63, 3.8) is 0 Å². The van der Waals surface area contributed by atoms with Gasteiger partial charge in [-0.2, -0.15) is 5.26 Å². The highest BCUT2D eigenvalue weighted by Gasteiger charge is 2.32. The first-order valence-electron chi connectivity index (χ1n) is 7.72. The highest BCUT2D eigenvalue weighted by Crippen LogP contribution is 2.25. The van der Waals surface area contributed by atoms with Crippen LogP contribution in [0.3, 0.4) is 0 Å². The maximum atomic E-state index is 9.41. The number of hydrogen-bond acceptors (Lipinski definition) is 3. The van der Waals surface area contributed by atoms with Crippen LogP contribution in [0, 0.1) is 18.3 Å². The summed E-state index contributed by atoms with van der Waals surface area (Å²) in [5.74, 6) is 1.05. The van der Waals surface area contributed by atoms with Crippen LogP contribution in [0.25, 0.3) is 11.0 Å². The number of nitrogens with zero attached hydrogens (tertiary/aromatic N) is 3. The SMILES string of the molecule is Cc1nc2ccccc2n1CCCC(C)(C#N)NC1CC1. The van der Waals surface area contributed by atoms with Crippen molar-refractivity contribution in [3.05, 3.63) is 30.1 Å². The Bertz CT molecular complexity index is 678. The van der Waals surface area contributed by atoms with Gasteiger partial charge in [-0.15, -0.1) is 0 Å². The van der Waals surface area contributed by atoms with E-state index in [1.165, 1.54) is 18.4 Å². The number of hydrogen-bond donors (Lipinski definition) is 1. The molecular weight excluding hydrogens is 260 g/mol. The van der Waals surface area contributed by atoms with Gasteiger partial charge >= 0.3 is 0 Å². The summed E-state index contributed by atoms with van der Waals surface area (Å²) in [5.41, 5.74) is 1.84. The Morgan fingerprint density at radius 2 is 2.19 bits per heavy atom. The zero-order valence-corrected chi connectivity index (χ0v) is 12.8. The van der Waals surface area contributed by atoms with Gasteiger partial charge < -0.3 is 4.57 Å². The largest absolute Gasteiger partial charge is 0.328 e. The summed E-state index contributed by atoms with van der Waals surface area (Å²) in [6.45, 7) is 4.98. The second-order valence-electron chi connectivity index (χ2n) is 6.27. The summed E-state index contributed by atoms with van der Waals surface area (Å²) in [6, 6.07) is 11.2. The standard InChI is InChI=1S/C17H22N4/c1-13-19-15-6-3-4-7-16(15)21(13)11-5-10-17(2,12-18)20-14-8-9-14/h3-4,6-7,14,20H,5,8-11H2,1-2H3. The number of para-hydroxylation sites is 2. The monoisotopic (exact) mass is 282 g/mol. The molecule has 0 spiro atoms. The van der Waals surface area contributed by atoms with Crippen molar-refractivity contribution in [1.82, 2.24) is 14.9 Å². The third-order valence-corrected chi connectivity index (χ3v) is 4.25. The molecule has 1 N–H and O–H groups in total. The average Bonchev–Trinajstić information content (AvgIpc) is 3.22. The van der Waals surface area contributed by atoms with E-state index in [1.807, 2.05) is 32.0 Å². The smallest absolute Gasteiger partial charge is 0.106 e. The number of benzene rings is 1. The van der Waals surface area contributed by atoms with E-state index in [0.29, 0.717) is 6.04 Å². The molecule has 0 bridgehead atoms. The molecule has 4 heteroatoms. The van der Waals surface area contributed by atoms with Gasteiger partial charge in [-0.25, -0.2) is 4.98 Å². The third kappa shape index (κ3) is 3.08. The summed E-state index contributed by atoms with van der Waals surface area (Å²) >= 11 is 0. The number of rotatable bonds is 6.